The Morgan fingerprint density at radius 2 is 1.84 bits per heavy atom. The number of ether oxygens (including phenoxy) is 3. The second kappa shape index (κ2) is 7.11. The van der Waals surface area contributed by atoms with Gasteiger partial charge in [-0.15, -0.1) is 12.3 Å². The molecule has 1 spiro atoms. The third-order valence-corrected chi connectivity index (χ3v) is 5.71. The van der Waals surface area contributed by atoms with Crippen molar-refractivity contribution in [1.29, 1.82) is 0 Å². The Labute approximate surface area is 152 Å². The third kappa shape index (κ3) is 3.62. The lowest BCUT2D eigenvalue weighted by atomic mass is 9.65. The van der Waals surface area contributed by atoms with Gasteiger partial charge in [-0.2, -0.15) is 0 Å². The van der Waals surface area contributed by atoms with Gasteiger partial charge in [0.25, 0.3) is 0 Å². The summed E-state index contributed by atoms with van der Waals surface area (Å²) in [6.07, 6.45) is 9.26. The second-order valence-electron chi connectivity index (χ2n) is 8.47. The smallest absolute Gasteiger partial charge is 0.176 e. The molecule has 0 unspecified atom stereocenters. The van der Waals surface area contributed by atoms with Gasteiger partial charge in [-0.05, 0) is 18.4 Å². The topological polar surface area (TPSA) is 27.7 Å². The number of benzene rings is 1. The minimum absolute atomic E-state index is 0.0266. The van der Waals surface area contributed by atoms with E-state index in [1.807, 2.05) is 18.2 Å². The molecule has 3 rings (SSSR count). The predicted octanol–water partition coefficient (Wildman–Crippen LogP) is 4.55. The molecule has 1 saturated heterocycles. The van der Waals surface area contributed by atoms with Crippen LogP contribution in [0.5, 0.6) is 0 Å². The highest BCUT2D eigenvalue weighted by Gasteiger charge is 2.59. The molecule has 3 heteroatoms. The molecule has 1 heterocycles. The van der Waals surface area contributed by atoms with Gasteiger partial charge < -0.3 is 14.2 Å². The molecule has 0 amide bonds. The molecular formula is C22H30O3. The zero-order chi connectivity index (χ0) is 18.0. The molecule has 1 aliphatic heterocycles. The molecule has 0 bridgehead atoms. The first-order chi connectivity index (χ1) is 11.9. The highest BCUT2D eigenvalue weighted by Crippen LogP contribution is 2.53. The molecule has 2 atom stereocenters. The fraction of sp³-hybridized carbons (Fsp3) is 0.636. The van der Waals surface area contributed by atoms with Crippen LogP contribution in [0, 0.1) is 23.2 Å². The van der Waals surface area contributed by atoms with Crippen LogP contribution in [0.15, 0.2) is 30.3 Å². The normalized spacial score (nSPS) is 30.7. The average Bonchev–Trinajstić information content (AvgIpc) is 2.60. The molecule has 0 radical (unpaired) electrons. The summed E-state index contributed by atoms with van der Waals surface area (Å²) in [6.45, 7) is 8.50. The molecule has 136 valence electrons. The summed E-state index contributed by atoms with van der Waals surface area (Å²) in [5.74, 6) is 2.23. The van der Waals surface area contributed by atoms with E-state index >= 15 is 0 Å². The fourth-order valence-corrected chi connectivity index (χ4v) is 4.05. The van der Waals surface area contributed by atoms with Crippen LogP contribution in [-0.4, -0.2) is 25.1 Å². The molecule has 3 nitrogen and oxygen atoms in total. The summed E-state index contributed by atoms with van der Waals surface area (Å²) in [6, 6.07) is 10.3. The van der Waals surface area contributed by atoms with Crippen molar-refractivity contribution in [3.63, 3.8) is 0 Å². The lowest BCUT2D eigenvalue weighted by molar-refractivity contribution is -0.373. The van der Waals surface area contributed by atoms with Crippen LogP contribution in [0.2, 0.25) is 0 Å². The van der Waals surface area contributed by atoms with Crippen molar-refractivity contribution in [3.8, 4) is 12.3 Å². The minimum Gasteiger partial charge on any atom is -0.373 e. The molecule has 1 saturated carbocycles. The predicted molar refractivity (Wildman–Crippen MR) is 98.8 cm³/mol. The molecule has 25 heavy (non-hydrogen) atoms. The van der Waals surface area contributed by atoms with Crippen LogP contribution in [0.1, 0.15) is 52.0 Å². The Hall–Kier alpha value is -1.34. The van der Waals surface area contributed by atoms with Gasteiger partial charge in [0.05, 0.1) is 31.3 Å². The highest BCUT2D eigenvalue weighted by molar-refractivity contribution is 5.14. The molecule has 0 N–H and O–H groups in total. The van der Waals surface area contributed by atoms with E-state index in [2.05, 4.69) is 38.8 Å². The summed E-state index contributed by atoms with van der Waals surface area (Å²) in [5.41, 5.74) is 0.877. The maximum absolute atomic E-state index is 6.37. The SMILES string of the molecule is C#CC[C@]1(C)[C@@H](OCc2ccccc2)CCCC12OCC(C)(C)CO2. The van der Waals surface area contributed by atoms with Gasteiger partial charge in [-0.3, -0.25) is 0 Å². The van der Waals surface area contributed by atoms with Gasteiger partial charge in [-0.1, -0.05) is 51.1 Å². The van der Waals surface area contributed by atoms with E-state index in [1.165, 1.54) is 5.56 Å². The van der Waals surface area contributed by atoms with Crippen molar-refractivity contribution < 1.29 is 14.2 Å². The summed E-state index contributed by atoms with van der Waals surface area (Å²) in [4.78, 5) is 0. The number of hydrogen-bond donors (Lipinski definition) is 0. The maximum Gasteiger partial charge on any atom is 0.176 e. The summed E-state index contributed by atoms with van der Waals surface area (Å²) in [7, 11) is 0. The van der Waals surface area contributed by atoms with Gasteiger partial charge in [0, 0.05) is 18.3 Å². The van der Waals surface area contributed by atoms with Crippen LogP contribution >= 0.6 is 0 Å². The summed E-state index contributed by atoms with van der Waals surface area (Å²) >= 11 is 0. The van der Waals surface area contributed by atoms with Crippen molar-refractivity contribution in [1.82, 2.24) is 0 Å². The van der Waals surface area contributed by atoms with Crippen molar-refractivity contribution in [2.75, 3.05) is 13.2 Å². The quantitative estimate of drug-likeness (QED) is 0.751. The fourth-order valence-electron chi connectivity index (χ4n) is 4.05. The zero-order valence-corrected chi connectivity index (χ0v) is 15.7. The monoisotopic (exact) mass is 342 g/mol. The van der Waals surface area contributed by atoms with Gasteiger partial charge in [0.1, 0.15) is 0 Å². The van der Waals surface area contributed by atoms with E-state index in [-0.39, 0.29) is 16.9 Å². The van der Waals surface area contributed by atoms with E-state index in [1.54, 1.807) is 0 Å². The van der Waals surface area contributed by atoms with E-state index in [0.29, 0.717) is 26.2 Å². The van der Waals surface area contributed by atoms with Crippen LogP contribution < -0.4 is 0 Å². The maximum atomic E-state index is 6.37. The molecular weight excluding hydrogens is 312 g/mol. The van der Waals surface area contributed by atoms with Crippen LogP contribution in [0.3, 0.4) is 0 Å². The standard InChI is InChI=1S/C22H30O3/c1-5-13-21(4)19(23-15-18-10-7-6-8-11-18)12-9-14-22(21)24-16-20(2,3)17-25-22/h1,6-8,10-11,19H,9,12-17H2,2-4H3/t19-,21+/m0/s1. The molecule has 1 aliphatic carbocycles. The van der Waals surface area contributed by atoms with Crippen molar-refractivity contribution in [2.24, 2.45) is 10.8 Å². The zero-order valence-electron chi connectivity index (χ0n) is 15.7. The van der Waals surface area contributed by atoms with E-state index in [9.17, 15) is 0 Å². The van der Waals surface area contributed by atoms with E-state index < -0.39 is 5.79 Å². The van der Waals surface area contributed by atoms with E-state index in [4.69, 9.17) is 20.6 Å². The minimum atomic E-state index is -0.630. The van der Waals surface area contributed by atoms with Crippen LogP contribution in [0.4, 0.5) is 0 Å². The van der Waals surface area contributed by atoms with Crippen LogP contribution in [-0.2, 0) is 20.8 Å². The lowest BCUT2D eigenvalue weighted by Crippen LogP contribution is -2.63. The average molecular weight is 342 g/mol. The van der Waals surface area contributed by atoms with Gasteiger partial charge in [0.15, 0.2) is 5.79 Å². The Kier molecular flexibility index (Phi) is 5.25. The van der Waals surface area contributed by atoms with Crippen LogP contribution in [0.25, 0.3) is 0 Å². The Bertz CT molecular complexity index is 606. The second-order valence-corrected chi connectivity index (χ2v) is 8.47. The largest absolute Gasteiger partial charge is 0.373 e. The summed E-state index contributed by atoms with van der Waals surface area (Å²) < 4.78 is 19.1. The molecule has 2 fully saturated rings. The molecule has 1 aromatic carbocycles. The third-order valence-electron chi connectivity index (χ3n) is 5.71. The number of hydrogen-bond acceptors (Lipinski definition) is 3. The van der Waals surface area contributed by atoms with Gasteiger partial charge in [0.2, 0.25) is 0 Å². The number of terminal acetylenes is 1. The first kappa shape index (κ1) is 18.5. The number of rotatable bonds is 4. The van der Waals surface area contributed by atoms with Crippen molar-refractivity contribution >= 4 is 0 Å². The van der Waals surface area contributed by atoms with Crippen molar-refractivity contribution in [2.45, 2.75) is 65.0 Å². The molecule has 0 aromatic heterocycles. The van der Waals surface area contributed by atoms with E-state index in [0.717, 1.165) is 19.3 Å². The highest BCUT2D eigenvalue weighted by atomic mass is 16.7. The first-order valence-corrected chi connectivity index (χ1v) is 9.28. The lowest BCUT2D eigenvalue weighted by Gasteiger charge is -2.57. The first-order valence-electron chi connectivity index (χ1n) is 9.28. The Morgan fingerprint density at radius 3 is 2.48 bits per heavy atom. The summed E-state index contributed by atoms with van der Waals surface area (Å²) in [5, 5.41) is 0. The van der Waals surface area contributed by atoms with Gasteiger partial charge in [-0.25, -0.2) is 0 Å². The van der Waals surface area contributed by atoms with Gasteiger partial charge >= 0.3 is 0 Å². The Morgan fingerprint density at radius 1 is 1.16 bits per heavy atom. The Balaban J connectivity index is 1.79. The molecule has 1 aromatic rings. The van der Waals surface area contributed by atoms with Crippen molar-refractivity contribution in [3.05, 3.63) is 35.9 Å². The molecule has 2 aliphatic rings.